The van der Waals surface area contributed by atoms with Crippen LogP contribution in [0.5, 0.6) is 11.6 Å². The molecule has 7 nitrogen and oxygen atoms in total. The third-order valence-electron chi connectivity index (χ3n) is 6.49. The van der Waals surface area contributed by atoms with Gasteiger partial charge in [0.05, 0.1) is 29.3 Å². The Labute approximate surface area is 213 Å². The molecule has 8 heteroatoms. The molecule has 1 saturated heterocycles. The number of amides is 1. The van der Waals surface area contributed by atoms with E-state index in [1.807, 2.05) is 30.6 Å². The van der Waals surface area contributed by atoms with E-state index in [9.17, 15) is 9.18 Å². The second kappa shape index (κ2) is 9.73. The minimum Gasteiger partial charge on any atom is -0.439 e. The molecule has 3 aromatic heterocycles. The molecule has 1 aliphatic heterocycles. The molecule has 4 heterocycles. The summed E-state index contributed by atoms with van der Waals surface area (Å²) in [5.41, 5.74) is 5.08. The average Bonchev–Trinajstić information content (AvgIpc) is 3.61. The zero-order valence-electron chi connectivity index (χ0n) is 19.9. The largest absolute Gasteiger partial charge is 0.439 e. The minimum absolute atomic E-state index is 0.249. The van der Waals surface area contributed by atoms with E-state index in [0.717, 1.165) is 40.8 Å². The van der Waals surface area contributed by atoms with Crippen LogP contribution in [0.3, 0.4) is 0 Å². The number of fused-ring (bicyclic) bond motifs is 1. The molecule has 2 N–H and O–H groups in total. The topological polar surface area (TPSA) is 83.1 Å². The highest BCUT2D eigenvalue weighted by Gasteiger charge is 2.16. The van der Waals surface area contributed by atoms with Crippen LogP contribution in [-0.2, 0) is 0 Å². The summed E-state index contributed by atoms with van der Waals surface area (Å²) in [4.78, 5) is 27.4. The van der Waals surface area contributed by atoms with Crippen LogP contribution in [0.25, 0.3) is 22.0 Å². The molecule has 0 aliphatic carbocycles. The van der Waals surface area contributed by atoms with Crippen LogP contribution in [0.2, 0.25) is 0 Å². The molecule has 0 spiro atoms. The molecular weight excluding hydrogens is 469 g/mol. The predicted octanol–water partition coefficient (Wildman–Crippen LogP) is 6.41. The fourth-order valence-electron chi connectivity index (χ4n) is 4.56. The van der Waals surface area contributed by atoms with Gasteiger partial charge in [-0.1, -0.05) is 6.07 Å². The van der Waals surface area contributed by atoms with Gasteiger partial charge in [-0.2, -0.15) is 0 Å². The molecule has 0 radical (unpaired) electrons. The Hall–Kier alpha value is -4.72. The van der Waals surface area contributed by atoms with Crippen LogP contribution in [-0.4, -0.2) is 33.9 Å². The Morgan fingerprint density at radius 2 is 1.78 bits per heavy atom. The average molecular weight is 494 g/mol. The lowest BCUT2D eigenvalue weighted by Crippen LogP contribution is -2.17. The summed E-state index contributed by atoms with van der Waals surface area (Å²) < 4.78 is 18.7. The number of hydrogen-bond donors (Lipinski definition) is 2. The van der Waals surface area contributed by atoms with Gasteiger partial charge in [0, 0.05) is 48.0 Å². The molecule has 5 aromatic rings. The van der Waals surface area contributed by atoms with Crippen molar-refractivity contribution in [3.8, 4) is 22.8 Å². The predicted molar refractivity (Wildman–Crippen MR) is 142 cm³/mol. The van der Waals surface area contributed by atoms with Crippen molar-refractivity contribution in [1.29, 1.82) is 0 Å². The van der Waals surface area contributed by atoms with Crippen LogP contribution >= 0.6 is 0 Å². The third kappa shape index (κ3) is 4.86. The summed E-state index contributed by atoms with van der Waals surface area (Å²) in [5.74, 6) is 0.226. The van der Waals surface area contributed by atoms with Gasteiger partial charge in [-0.15, -0.1) is 0 Å². The lowest BCUT2D eigenvalue weighted by Gasteiger charge is -2.17. The minimum atomic E-state index is -0.338. The van der Waals surface area contributed by atoms with Gasteiger partial charge >= 0.3 is 0 Å². The Bertz CT molecular complexity index is 1560. The number of carbonyl (C=O) groups excluding carboxylic acids is 1. The summed E-state index contributed by atoms with van der Waals surface area (Å²) in [6.45, 7) is 2.11. The molecule has 1 fully saturated rings. The summed E-state index contributed by atoms with van der Waals surface area (Å²) in [5, 5.41) is 3.72. The number of anilines is 2. The number of halogens is 1. The number of aromatic nitrogens is 3. The maximum absolute atomic E-state index is 13.1. The first-order chi connectivity index (χ1) is 18.1. The first-order valence-corrected chi connectivity index (χ1v) is 12.1. The van der Waals surface area contributed by atoms with Gasteiger partial charge in [-0.3, -0.25) is 9.78 Å². The Morgan fingerprint density at radius 3 is 2.57 bits per heavy atom. The van der Waals surface area contributed by atoms with Crippen LogP contribution < -0.4 is 15.0 Å². The van der Waals surface area contributed by atoms with Crippen molar-refractivity contribution < 1.29 is 13.9 Å². The van der Waals surface area contributed by atoms with E-state index < -0.39 is 0 Å². The fraction of sp³-hybridized carbons (Fsp3) is 0.138. The van der Waals surface area contributed by atoms with Gasteiger partial charge in [0.2, 0.25) is 5.88 Å². The monoisotopic (exact) mass is 493 g/mol. The van der Waals surface area contributed by atoms with Crippen molar-refractivity contribution in [2.75, 3.05) is 23.3 Å². The van der Waals surface area contributed by atoms with Gasteiger partial charge in [-0.05, 0) is 66.9 Å². The molecule has 0 unspecified atom stereocenters. The van der Waals surface area contributed by atoms with E-state index in [1.165, 1.54) is 43.3 Å². The molecule has 37 heavy (non-hydrogen) atoms. The van der Waals surface area contributed by atoms with Crippen LogP contribution in [0.4, 0.5) is 15.8 Å². The third-order valence-corrected chi connectivity index (χ3v) is 6.49. The molecule has 184 valence electrons. The first-order valence-electron chi connectivity index (χ1n) is 12.1. The second-order valence-electron chi connectivity index (χ2n) is 8.98. The molecule has 0 bridgehead atoms. The first kappa shape index (κ1) is 22.7. The van der Waals surface area contributed by atoms with Crippen LogP contribution in [0.1, 0.15) is 23.2 Å². The van der Waals surface area contributed by atoms with Crippen molar-refractivity contribution in [3.63, 3.8) is 0 Å². The van der Waals surface area contributed by atoms with E-state index in [0.29, 0.717) is 22.9 Å². The van der Waals surface area contributed by atoms with E-state index in [-0.39, 0.29) is 11.7 Å². The number of aromatic amines is 1. The standard InChI is InChI=1S/C29H24FN5O2/c30-21-4-7-24(8-5-21)37-28-10-6-22(16-33-28)34-29(36)26-18-32-27-9-3-19(14-25(26)27)20-13-23(17-31-15-20)35-11-1-2-12-35/h3-10,13-18,32H,1-2,11-12H2,(H,34,36). The molecule has 0 atom stereocenters. The lowest BCUT2D eigenvalue weighted by molar-refractivity contribution is 0.102. The number of carbonyl (C=O) groups is 1. The van der Waals surface area contributed by atoms with E-state index in [2.05, 4.69) is 31.2 Å². The quantitative estimate of drug-likeness (QED) is 0.286. The highest BCUT2D eigenvalue weighted by atomic mass is 19.1. The van der Waals surface area contributed by atoms with Crippen molar-refractivity contribution in [2.24, 2.45) is 0 Å². The lowest BCUT2D eigenvalue weighted by atomic mass is 10.0. The maximum Gasteiger partial charge on any atom is 0.257 e. The molecule has 6 rings (SSSR count). The number of nitrogens with zero attached hydrogens (tertiary/aromatic N) is 3. The summed E-state index contributed by atoms with van der Waals surface area (Å²) in [7, 11) is 0. The van der Waals surface area contributed by atoms with E-state index >= 15 is 0 Å². The number of ether oxygens (including phenoxy) is 1. The SMILES string of the molecule is O=C(Nc1ccc(Oc2ccc(F)cc2)nc1)c1c[nH]c2ccc(-c3cncc(N4CCCC4)c3)cc12. The maximum atomic E-state index is 13.1. The Kier molecular flexibility index (Phi) is 5.98. The zero-order valence-corrected chi connectivity index (χ0v) is 19.9. The van der Waals surface area contributed by atoms with Gasteiger partial charge in [0.1, 0.15) is 11.6 Å². The van der Waals surface area contributed by atoms with Gasteiger partial charge < -0.3 is 19.9 Å². The number of pyridine rings is 2. The zero-order chi connectivity index (χ0) is 25.2. The molecular formula is C29H24FN5O2. The van der Waals surface area contributed by atoms with Gasteiger partial charge in [-0.25, -0.2) is 9.37 Å². The van der Waals surface area contributed by atoms with Crippen molar-refractivity contribution in [1.82, 2.24) is 15.0 Å². The number of benzene rings is 2. The summed E-state index contributed by atoms with van der Waals surface area (Å²) in [6.07, 6.45) is 9.41. The van der Waals surface area contributed by atoms with Gasteiger partial charge in [0.25, 0.3) is 5.91 Å². The molecule has 1 aliphatic rings. The smallest absolute Gasteiger partial charge is 0.257 e. The number of H-pyrrole nitrogens is 1. The highest BCUT2D eigenvalue weighted by molar-refractivity contribution is 6.13. The van der Waals surface area contributed by atoms with E-state index in [1.54, 1.807) is 18.3 Å². The van der Waals surface area contributed by atoms with Gasteiger partial charge in [0.15, 0.2) is 0 Å². The molecule has 0 saturated carbocycles. The molecule has 2 aromatic carbocycles. The van der Waals surface area contributed by atoms with E-state index in [4.69, 9.17) is 4.74 Å². The second-order valence-corrected chi connectivity index (χ2v) is 8.98. The van der Waals surface area contributed by atoms with Crippen molar-refractivity contribution >= 4 is 28.2 Å². The molecule has 1 amide bonds. The normalized spacial score (nSPS) is 13.2. The van der Waals surface area contributed by atoms with Crippen LogP contribution in [0.15, 0.2) is 85.5 Å². The highest BCUT2D eigenvalue weighted by Crippen LogP contribution is 2.30. The van der Waals surface area contributed by atoms with Crippen LogP contribution in [0, 0.1) is 5.82 Å². The number of nitrogens with one attached hydrogen (secondary N) is 2. The summed E-state index contributed by atoms with van der Waals surface area (Å²) in [6, 6.07) is 17.2. The Balaban J connectivity index is 1.20. The summed E-state index contributed by atoms with van der Waals surface area (Å²) >= 11 is 0. The Morgan fingerprint density at radius 1 is 0.946 bits per heavy atom. The van der Waals surface area contributed by atoms with Crippen molar-refractivity contribution in [3.05, 3.63) is 96.8 Å². The number of rotatable bonds is 6. The fourth-order valence-corrected chi connectivity index (χ4v) is 4.56. The number of hydrogen-bond acceptors (Lipinski definition) is 5. The van der Waals surface area contributed by atoms with Crippen molar-refractivity contribution in [2.45, 2.75) is 12.8 Å².